The summed E-state index contributed by atoms with van der Waals surface area (Å²) in [5.41, 5.74) is 2.10. The summed E-state index contributed by atoms with van der Waals surface area (Å²) in [5.74, 6) is -0.590. The topological polar surface area (TPSA) is 96.5 Å². The molecular weight excluding hydrogens is 402 g/mol. The molecule has 3 amide bonds. The predicted molar refractivity (Wildman–Crippen MR) is 110 cm³/mol. The van der Waals surface area contributed by atoms with Crippen LogP contribution in [-0.2, 0) is 30.3 Å². The number of carbonyl (C=O) groups is 4. The van der Waals surface area contributed by atoms with Crippen molar-refractivity contribution < 1.29 is 28.7 Å². The van der Waals surface area contributed by atoms with E-state index in [0.717, 1.165) is 17.7 Å². The largest absolute Gasteiger partial charge is 0.467 e. The molecule has 0 aliphatic carbocycles. The van der Waals surface area contributed by atoms with Crippen molar-refractivity contribution in [2.45, 2.75) is 44.2 Å². The number of anilines is 1. The second kappa shape index (κ2) is 8.95. The van der Waals surface area contributed by atoms with Gasteiger partial charge in [-0.15, -0.1) is 0 Å². The van der Waals surface area contributed by atoms with E-state index in [2.05, 4.69) is 0 Å². The van der Waals surface area contributed by atoms with Crippen LogP contribution in [0.25, 0.3) is 0 Å². The van der Waals surface area contributed by atoms with E-state index < -0.39 is 18.1 Å². The minimum Gasteiger partial charge on any atom is -0.467 e. The van der Waals surface area contributed by atoms with E-state index in [1.807, 2.05) is 24.3 Å². The number of carbonyl (C=O) groups excluding carboxylic acids is 4. The van der Waals surface area contributed by atoms with Gasteiger partial charge in [-0.25, -0.2) is 9.59 Å². The first-order chi connectivity index (χ1) is 15.0. The Balaban J connectivity index is 1.27. The van der Waals surface area contributed by atoms with Gasteiger partial charge in [0.15, 0.2) is 6.04 Å². The number of fused-ring (bicyclic) bond motifs is 1. The van der Waals surface area contributed by atoms with Crippen LogP contribution in [0, 0.1) is 0 Å². The van der Waals surface area contributed by atoms with Gasteiger partial charge >= 0.3 is 12.1 Å². The van der Waals surface area contributed by atoms with Crippen LogP contribution in [0.3, 0.4) is 0 Å². The highest BCUT2D eigenvalue weighted by molar-refractivity contribution is 5.97. The van der Waals surface area contributed by atoms with Crippen molar-refractivity contribution in [3.8, 4) is 0 Å². The molecule has 166 valence electrons. The molecule has 1 aromatic carbocycles. The Morgan fingerprint density at radius 3 is 2.52 bits per heavy atom. The minimum absolute atomic E-state index is 0.00755. The number of esters is 1. The summed E-state index contributed by atoms with van der Waals surface area (Å²) < 4.78 is 9.80. The molecule has 1 aromatic rings. The maximum absolute atomic E-state index is 12.7. The Labute approximate surface area is 180 Å². The zero-order chi connectivity index (χ0) is 22.0. The van der Waals surface area contributed by atoms with Gasteiger partial charge in [-0.2, -0.15) is 0 Å². The average Bonchev–Trinajstić information content (AvgIpc) is 3.40. The molecule has 3 aliphatic rings. The van der Waals surface area contributed by atoms with Crippen LogP contribution in [-0.4, -0.2) is 79.1 Å². The Hall–Kier alpha value is -3.10. The number of cyclic esters (lactones) is 1. The van der Waals surface area contributed by atoms with Crippen LogP contribution in [0.4, 0.5) is 10.5 Å². The third-order valence-corrected chi connectivity index (χ3v) is 6.34. The number of para-hydroxylation sites is 1. The Bertz CT molecular complexity index is 880. The van der Waals surface area contributed by atoms with E-state index in [9.17, 15) is 19.2 Å². The molecule has 1 atom stereocenters. The fraction of sp³-hybridized carbons (Fsp3) is 0.545. The number of piperidine rings is 1. The quantitative estimate of drug-likeness (QED) is 0.656. The van der Waals surface area contributed by atoms with Crippen LogP contribution in [0.5, 0.6) is 0 Å². The molecule has 2 fully saturated rings. The van der Waals surface area contributed by atoms with Crippen LogP contribution in [0.2, 0.25) is 0 Å². The summed E-state index contributed by atoms with van der Waals surface area (Å²) in [5, 5.41) is 0. The highest BCUT2D eigenvalue weighted by Crippen LogP contribution is 2.28. The third-order valence-electron chi connectivity index (χ3n) is 6.34. The number of rotatable bonds is 5. The van der Waals surface area contributed by atoms with Crippen molar-refractivity contribution >= 4 is 29.6 Å². The lowest BCUT2D eigenvalue weighted by atomic mass is 10.0. The fourth-order valence-electron chi connectivity index (χ4n) is 4.65. The summed E-state index contributed by atoms with van der Waals surface area (Å²) in [6, 6.07) is 6.95. The van der Waals surface area contributed by atoms with Crippen LogP contribution < -0.4 is 4.90 Å². The molecule has 0 N–H and O–H groups in total. The molecule has 4 rings (SSSR count). The number of methoxy groups -OCH3 is 1. The maximum atomic E-state index is 12.7. The van der Waals surface area contributed by atoms with Gasteiger partial charge in [0, 0.05) is 44.2 Å². The van der Waals surface area contributed by atoms with E-state index in [4.69, 9.17) is 9.47 Å². The van der Waals surface area contributed by atoms with Gasteiger partial charge < -0.3 is 19.3 Å². The number of ether oxygens (including phenoxy) is 2. The van der Waals surface area contributed by atoms with Crippen molar-refractivity contribution in [1.82, 2.24) is 9.80 Å². The van der Waals surface area contributed by atoms with Gasteiger partial charge in [-0.05, 0) is 30.9 Å². The van der Waals surface area contributed by atoms with Crippen LogP contribution in [0.1, 0.15) is 31.2 Å². The Morgan fingerprint density at radius 2 is 1.77 bits per heavy atom. The lowest BCUT2D eigenvalue weighted by molar-refractivity contribution is -0.146. The number of hydrogen-bond donors (Lipinski definition) is 0. The Kier molecular flexibility index (Phi) is 6.11. The highest BCUT2D eigenvalue weighted by Gasteiger charge is 2.44. The van der Waals surface area contributed by atoms with E-state index in [-0.39, 0.29) is 37.3 Å². The summed E-state index contributed by atoms with van der Waals surface area (Å²) in [6.07, 6.45) is 1.78. The van der Waals surface area contributed by atoms with Crippen LogP contribution >= 0.6 is 0 Å². The smallest absolute Gasteiger partial charge is 0.410 e. The standard InChI is InChI=1S/C22H27N3O6/c1-30-21(28)18-14-31-22(29)25(18)16-9-11-23(12-10-16)19(26)6-7-20(27)24-13-8-15-4-2-3-5-17(15)24/h2-5,16,18H,6-14H2,1H3/t18-/m1/s1. The molecule has 9 heteroatoms. The van der Waals surface area contributed by atoms with Gasteiger partial charge in [0.25, 0.3) is 0 Å². The highest BCUT2D eigenvalue weighted by atomic mass is 16.6. The lowest BCUT2D eigenvalue weighted by Gasteiger charge is -2.37. The van der Waals surface area contributed by atoms with Crippen molar-refractivity contribution in [2.75, 3.05) is 38.3 Å². The first-order valence-electron chi connectivity index (χ1n) is 10.7. The van der Waals surface area contributed by atoms with E-state index >= 15 is 0 Å². The van der Waals surface area contributed by atoms with Crippen molar-refractivity contribution in [2.24, 2.45) is 0 Å². The molecule has 9 nitrogen and oxygen atoms in total. The van der Waals surface area contributed by atoms with Crippen molar-refractivity contribution in [3.05, 3.63) is 29.8 Å². The van der Waals surface area contributed by atoms with Crippen molar-refractivity contribution in [3.63, 3.8) is 0 Å². The van der Waals surface area contributed by atoms with E-state index in [0.29, 0.717) is 32.5 Å². The van der Waals surface area contributed by atoms with Gasteiger partial charge in [-0.3, -0.25) is 14.5 Å². The van der Waals surface area contributed by atoms with Crippen LogP contribution in [0.15, 0.2) is 24.3 Å². The minimum atomic E-state index is -0.731. The first kappa shape index (κ1) is 21.1. The molecule has 2 saturated heterocycles. The molecule has 0 unspecified atom stereocenters. The SMILES string of the molecule is COC(=O)[C@H]1COC(=O)N1C1CCN(C(=O)CCC(=O)N2CCc3ccccc32)CC1. The Morgan fingerprint density at radius 1 is 1.06 bits per heavy atom. The van der Waals surface area contributed by atoms with E-state index in [1.165, 1.54) is 12.0 Å². The summed E-state index contributed by atoms with van der Waals surface area (Å²) >= 11 is 0. The number of likely N-dealkylation sites (tertiary alicyclic amines) is 1. The summed E-state index contributed by atoms with van der Waals surface area (Å²) in [7, 11) is 1.28. The number of benzene rings is 1. The zero-order valence-electron chi connectivity index (χ0n) is 17.6. The third kappa shape index (κ3) is 4.22. The monoisotopic (exact) mass is 429 g/mol. The van der Waals surface area contributed by atoms with Gasteiger partial charge in [0.05, 0.1) is 7.11 Å². The molecule has 0 bridgehead atoms. The molecule has 0 saturated carbocycles. The normalized spacial score (nSPS) is 21.1. The van der Waals surface area contributed by atoms with Gasteiger partial charge in [-0.1, -0.05) is 18.2 Å². The fourth-order valence-corrected chi connectivity index (χ4v) is 4.65. The number of amides is 3. The molecule has 0 spiro atoms. The molecular formula is C22H27N3O6. The second-order valence-electron chi connectivity index (χ2n) is 8.06. The van der Waals surface area contributed by atoms with E-state index in [1.54, 1.807) is 9.80 Å². The molecule has 0 aromatic heterocycles. The molecule has 3 aliphatic heterocycles. The van der Waals surface area contributed by atoms with Gasteiger partial charge in [0.1, 0.15) is 6.61 Å². The molecule has 3 heterocycles. The second-order valence-corrected chi connectivity index (χ2v) is 8.06. The summed E-state index contributed by atoms with van der Waals surface area (Å²) in [4.78, 5) is 54.2. The predicted octanol–water partition coefficient (Wildman–Crippen LogP) is 1.34. The molecule has 0 radical (unpaired) electrons. The first-order valence-corrected chi connectivity index (χ1v) is 10.7. The molecule has 31 heavy (non-hydrogen) atoms. The zero-order valence-corrected chi connectivity index (χ0v) is 17.6. The maximum Gasteiger partial charge on any atom is 0.410 e. The average molecular weight is 429 g/mol. The lowest BCUT2D eigenvalue weighted by Crippen LogP contribution is -2.52. The van der Waals surface area contributed by atoms with Crippen molar-refractivity contribution in [1.29, 1.82) is 0 Å². The number of hydrogen-bond acceptors (Lipinski definition) is 6. The number of nitrogens with zero attached hydrogens (tertiary/aromatic N) is 3. The summed E-state index contributed by atoms with van der Waals surface area (Å²) in [6.45, 7) is 1.60. The van der Waals surface area contributed by atoms with Gasteiger partial charge in [0.2, 0.25) is 11.8 Å².